The number of rotatable bonds is 6. The lowest BCUT2D eigenvalue weighted by molar-refractivity contribution is 0.546. The zero-order chi connectivity index (χ0) is 14.5. The summed E-state index contributed by atoms with van der Waals surface area (Å²) in [7, 11) is 0. The Balaban J connectivity index is 2.95. The van der Waals surface area contributed by atoms with Crippen LogP contribution < -0.4 is 16.6 Å². The van der Waals surface area contributed by atoms with E-state index in [1.807, 2.05) is 18.7 Å². The number of hydrogen-bond donors (Lipinski definition) is 3. The van der Waals surface area contributed by atoms with Crippen molar-refractivity contribution in [2.75, 3.05) is 29.3 Å². The van der Waals surface area contributed by atoms with Gasteiger partial charge in [0.15, 0.2) is 0 Å². The third-order valence-electron chi connectivity index (χ3n) is 2.77. The number of hydrazine groups is 1. The molecule has 0 aliphatic carbocycles. The highest BCUT2D eigenvalue weighted by molar-refractivity contribution is 7.98. The molecule has 0 fully saturated rings. The molecule has 0 amide bonds. The van der Waals surface area contributed by atoms with Crippen molar-refractivity contribution in [2.24, 2.45) is 5.84 Å². The van der Waals surface area contributed by atoms with Crippen LogP contribution in [-0.4, -0.2) is 28.5 Å². The average Bonchev–Trinajstić information content (AvgIpc) is 2.35. The highest BCUT2D eigenvalue weighted by Gasteiger charge is 2.20. The SMILES string of the molecule is CSCCCNc1nc(C(C)(C)C)nc(NN)c1C. The van der Waals surface area contributed by atoms with Crippen molar-refractivity contribution in [3.8, 4) is 0 Å². The molecule has 0 spiro atoms. The van der Waals surface area contributed by atoms with Crippen molar-refractivity contribution >= 4 is 23.4 Å². The van der Waals surface area contributed by atoms with Crippen molar-refractivity contribution in [3.63, 3.8) is 0 Å². The number of hydrogen-bond acceptors (Lipinski definition) is 6. The molecule has 0 aliphatic heterocycles. The van der Waals surface area contributed by atoms with Gasteiger partial charge in [-0.1, -0.05) is 20.8 Å². The van der Waals surface area contributed by atoms with E-state index in [1.165, 1.54) is 0 Å². The van der Waals surface area contributed by atoms with Gasteiger partial charge in [-0.25, -0.2) is 15.8 Å². The average molecular weight is 283 g/mol. The fraction of sp³-hybridized carbons (Fsp3) is 0.692. The van der Waals surface area contributed by atoms with Crippen LogP contribution in [-0.2, 0) is 5.41 Å². The lowest BCUT2D eigenvalue weighted by Gasteiger charge is -2.20. The van der Waals surface area contributed by atoms with Gasteiger partial charge in [-0.15, -0.1) is 0 Å². The molecule has 4 N–H and O–H groups in total. The van der Waals surface area contributed by atoms with Crippen molar-refractivity contribution in [2.45, 2.75) is 39.5 Å². The van der Waals surface area contributed by atoms with Crippen molar-refractivity contribution in [3.05, 3.63) is 11.4 Å². The van der Waals surface area contributed by atoms with Gasteiger partial charge < -0.3 is 10.7 Å². The van der Waals surface area contributed by atoms with Crippen LogP contribution >= 0.6 is 11.8 Å². The molecule has 0 bridgehead atoms. The topological polar surface area (TPSA) is 75.9 Å². The van der Waals surface area contributed by atoms with Gasteiger partial charge in [-0.3, -0.25) is 0 Å². The van der Waals surface area contributed by atoms with Gasteiger partial charge in [-0.05, 0) is 25.4 Å². The summed E-state index contributed by atoms with van der Waals surface area (Å²) in [4.78, 5) is 9.10. The maximum Gasteiger partial charge on any atom is 0.148 e. The van der Waals surface area contributed by atoms with Crippen molar-refractivity contribution < 1.29 is 0 Å². The maximum absolute atomic E-state index is 5.54. The molecule has 0 aliphatic rings. The molecule has 5 nitrogen and oxygen atoms in total. The Morgan fingerprint density at radius 3 is 2.37 bits per heavy atom. The Labute approximate surface area is 120 Å². The van der Waals surface area contributed by atoms with Gasteiger partial charge in [0.1, 0.15) is 17.5 Å². The first-order chi connectivity index (χ1) is 8.90. The van der Waals surface area contributed by atoms with E-state index in [-0.39, 0.29) is 5.41 Å². The highest BCUT2D eigenvalue weighted by Crippen LogP contribution is 2.25. The summed E-state index contributed by atoms with van der Waals surface area (Å²) in [6, 6.07) is 0. The van der Waals surface area contributed by atoms with Gasteiger partial charge in [0.2, 0.25) is 0 Å². The van der Waals surface area contributed by atoms with Crippen LogP contribution in [0.5, 0.6) is 0 Å². The predicted octanol–water partition coefficient (Wildman–Crippen LogP) is 2.53. The molecule has 1 heterocycles. The van der Waals surface area contributed by atoms with E-state index in [2.05, 4.69) is 47.7 Å². The minimum Gasteiger partial charge on any atom is -0.370 e. The molecule has 6 heteroatoms. The summed E-state index contributed by atoms with van der Waals surface area (Å²) in [5.41, 5.74) is 3.51. The summed E-state index contributed by atoms with van der Waals surface area (Å²) in [6.07, 6.45) is 3.23. The Hall–Kier alpha value is -1.01. The second-order valence-electron chi connectivity index (χ2n) is 5.54. The Morgan fingerprint density at radius 1 is 1.21 bits per heavy atom. The first-order valence-electron chi connectivity index (χ1n) is 6.48. The molecule has 0 aromatic carbocycles. The second kappa shape index (κ2) is 6.96. The molecule has 0 radical (unpaired) electrons. The number of nitrogens with one attached hydrogen (secondary N) is 2. The van der Waals surface area contributed by atoms with Gasteiger partial charge in [-0.2, -0.15) is 11.8 Å². The van der Waals surface area contributed by atoms with Gasteiger partial charge in [0.05, 0.1) is 0 Å². The van der Waals surface area contributed by atoms with Crippen LogP contribution in [0, 0.1) is 6.92 Å². The lowest BCUT2D eigenvalue weighted by atomic mass is 9.95. The van der Waals surface area contributed by atoms with E-state index in [9.17, 15) is 0 Å². The van der Waals surface area contributed by atoms with E-state index in [4.69, 9.17) is 5.84 Å². The lowest BCUT2D eigenvalue weighted by Crippen LogP contribution is -2.21. The van der Waals surface area contributed by atoms with Crippen molar-refractivity contribution in [1.82, 2.24) is 9.97 Å². The van der Waals surface area contributed by atoms with E-state index < -0.39 is 0 Å². The molecule has 19 heavy (non-hydrogen) atoms. The van der Waals surface area contributed by atoms with Gasteiger partial charge >= 0.3 is 0 Å². The quantitative estimate of drug-likeness (QED) is 0.423. The van der Waals surface area contributed by atoms with E-state index in [1.54, 1.807) is 0 Å². The third-order valence-corrected chi connectivity index (χ3v) is 3.47. The van der Waals surface area contributed by atoms with Crippen LogP contribution in [0.25, 0.3) is 0 Å². The predicted molar refractivity (Wildman–Crippen MR) is 84.8 cm³/mol. The summed E-state index contributed by atoms with van der Waals surface area (Å²) >= 11 is 1.85. The van der Waals surface area contributed by atoms with Crippen molar-refractivity contribution in [1.29, 1.82) is 0 Å². The number of anilines is 2. The van der Waals surface area contributed by atoms with Crippen LogP contribution in [0.4, 0.5) is 11.6 Å². The summed E-state index contributed by atoms with van der Waals surface area (Å²) in [5.74, 6) is 9.03. The van der Waals surface area contributed by atoms with Gasteiger partial charge in [0, 0.05) is 17.5 Å². The molecule has 1 aromatic rings. The fourth-order valence-electron chi connectivity index (χ4n) is 1.59. The molecule has 0 saturated heterocycles. The number of nitrogen functional groups attached to an aromatic ring is 1. The summed E-state index contributed by atoms with van der Waals surface area (Å²) in [5, 5.41) is 3.37. The molecule has 0 saturated carbocycles. The Morgan fingerprint density at radius 2 is 1.84 bits per heavy atom. The standard InChI is InChI=1S/C13H25N5S/c1-9-10(15-7-6-8-19-5)16-12(13(2,3)4)17-11(9)18-14/h6-8,14H2,1-5H3,(H2,15,16,17,18). The molecule has 0 atom stereocenters. The third kappa shape index (κ3) is 4.54. The van der Waals surface area contributed by atoms with Crippen LogP contribution in [0.1, 0.15) is 38.6 Å². The molecule has 1 rings (SSSR count). The maximum atomic E-state index is 5.54. The normalized spacial score (nSPS) is 11.5. The first kappa shape index (κ1) is 16.0. The van der Waals surface area contributed by atoms with Crippen LogP contribution in [0.15, 0.2) is 0 Å². The highest BCUT2D eigenvalue weighted by atomic mass is 32.2. The molecule has 108 valence electrons. The molecular formula is C13H25N5S. The number of thioether (sulfide) groups is 1. The molecule has 0 unspecified atom stereocenters. The smallest absolute Gasteiger partial charge is 0.148 e. The van der Waals surface area contributed by atoms with E-state index >= 15 is 0 Å². The van der Waals surface area contributed by atoms with Crippen LogP contribution in [0.2, 0.25) is 0 Å². The monoisotopic (exact) mass is 283 g/mol. The zero-order valence-corrected chi connectivity index (χ0v) is 13.3. The minimum atomic E-state index is -0.102. The zero-order valence-electron chi connectivity index (χ0n) is 12.5. The van der Waals surface area contributed by atoms with Gasteiger partial charge in [0.25, 0.3) is 0 Å². The Bertz CT molecular complexity index is 414. The summed E-state index contributed by atoms with van der Waals surface area (Å²) in [6.45, 7) is 9.16. The molecular weight excluding hydrogens is 258 g/mol. The number of nitrogens with two attached hydrogens (primary N) is 1. The first-order valence-corrected chi connectivity index (χ1v) is 7.88. The van der Waals surface area contributed by atoms with Crippen LogP contribution in [0.3, 0.4) is 0 Å². The fourth-order valence-corrected chi connectivity index (χ4v) is 2.02. The largest absolute Gasteiger partial charge is 0.370 e. The molecule has 1 aromatic heterocycles. The second-order valence-corrected chi connectivity index (χ2v) is 6.52. The summed E-state index contributed by atoms with van der Waals surface area (Å²) < 4.78 is 0. The number of nitrogens with zero attached hydrogens (tertiary/aromatic N) is 2. The minimum absolute atomic E-state index is 0.102. The number of aromatic nitrogens is 2. The Kier molecular flexibility index (Phi) is 5.87. The van der Waals surface area contributed by atoms with E-state index in [0.717, 1.165) is 35.9 Å². The van der Waals surface area contributed by atoms with E-state index in [0.29, 0.717) is 5.82 Å².